The van der Waals surface area contributed by atoms with Crippen LogP contribution < -0.4 is 5.32 Å². The third-order valence-corrected chi connectivity index (χ3v) is 12.3. The molecule has 0 radical (unpaired) electrons. The van der Waals surface area contributed by atoms with E-state index in [1.165, 1.54) is 51.4 Å². The third kappa shape index (κ3) is 11.2. The summed E-state index contributed by atoms with van der Waals surface area (Å²) in [5, 5.41) is 2.81. The fraction of sp³-hybridized carbons (Fsp3) is 0.733. The zero-order chi connectivity index (χ0) is 27.3. The van der Waals surface area contributed by atoms with E-state index >= 15 is 0 Å². The van der Waals surface area contributed by atoms with Gasteiger partial charge < -0.3 is 19.2 Å². The van der Waals surface area contributed by atoms with Crippen molar-refractivity contribution in [2.75, 3.05) is 0 Å². The maximum Gasteiger partial charge on any atom is 0.408 e. The lowest BCUT2D eigenvalue weighted by molar-refractivity contribution is -0.179. The zero-order valence-electron chi connectivity index (χ0n) is 24.1. The number of hydrogen-bond acceptors (Lipinski definition) is 5. The van der Waals surface area contributed by atoms with Gasteiger partial charge in [-0.1, -0.05) is 116 Å². The fourth-order valence-electron chi connectivity index (χ4n) is 4.36. The van der Waals surface area contributed by atoms with Crippen molar-refractivity contribution in [2.24, 2.45) is 0 Å². The molecule has 6 nitrogen and oxygen atoms in total. The van der Waals surface area contributed by atoms with Crippen molar-refractivity contribution in [3.63, 3.8) is 0 Å². The Morgan fingerprint density at radius 2 is 1.59 bits per heavy atom. The van der Waals surface area contributed by atoms with Crippen LogP contribution in [0.5, 0.6) is 0 Å². The molecule has 2 rings (SSSR count). The van der Waals surface area contributed by atoms with Gasteiger partial charge >= 0.3 is 12.1 Å². The van der Waals surface area contributed by atoms with Gasteiger partial charge in [0.05, 0.1) is 0 Å². The summed E-state index contributed by atoms with van der Waals surface area (Å²) < 4.78 is 17.6. The smallest absolute Gasteiger partial charge is 0.408 e. The van der Waals surface area contributed by atoms with Gasteiger partial charge in [-0.15, -0.1) is 0 Å². The van der Waals surface area contributed by atoms with Gasteiger partial charge in [0.15, 0.2) is 14.4 Å². The van der Waals surface area contributed by atoms with Crippen LogP contribution in [0.3, 0.4) is 0 Å². The molecule has 1 N–H and O–H groups in total. The normalized spacial score (nSPS) is 18.6. The summed E-state index contributed by atoms with van der Waals surface area (Å²) in [5.41, 5.74) is 0.897. The van der Waals surface area contributed by atoms with Crippen LogP contribution in [0.15, 0.2) is 30.3 Å². The van der Waals surface area contributed by atoms with E-state index in [0.29, 0.717) is 6.42 Å². The highest BCUT2D eigenvalue weighted by Crippen LogP contribution is 2.39. The van der Waals surface area contributed by atoms with Crippen molar-refractivity contribution in [2.45, 2.75) is 141 Å². The third-order valence-electron chi connectivity index (χ3n) is 7.77. The molecule has 1 fully saturated rings. The lowest BCUT2D eigenvalue weighted by Crippen LogP contribution is -2.61. The fourth-order valence-corrected chi connectivity index (χ4v) is 5.76. The summed E-state index contributed by atoms with van der Waals surface area (Å²) in [4.78, 5) is 24.5. The van der Waals surface area contributed by atoms with E-state index in [1.807, 2.05) is 30.3 Å². The Labute approximate surface area is 226 Å². The molecule has 1 aliphatic heterocycles. The molecule has 1 heterocycles. The van der Waals surface area contributed by atoms with E-state index in [9.17, 15) is 9.59 Å². The average molecular weight is 534 g/mol. The number of rotatable bonds is 17. The molecule has 1 saturated heterocycles. The molecular formula is C30H51NO5Si. The predicted molar refractivity (Wildman–Crippen MR) is 152 cm³/mol. The second kappa shape index (κ2) is 15.5. The molecule has 1 amide bonds. The molecule has 1 aromatic carbocycles. The Morgan fingerprint density at radius 3 is 2.16 bits per heavy atom. The minimum atomic E-state index is -1.99. The van der Waals surface area contributed by atoms with Crippen molar-refractivity contribution in [3.05, 3.63) is 35.9 Å². The average Bonchev–Trinajstić information content (AvgIpc) is 2.84. The minimum absolute atomic E-state index is 0.00758. The van der Waals surface area contributed by atoms with Gasteiger partial charge in [-0.3, -0.25) is 0 Å². The van der Waals surface area contributed by atoms with Crippen LogP contribution in [0.25, 0.3) is 0 Å². The number of carbonyl (C=O) groups excluding carboxylic acids is 2. The van der Waals surface area contributed by atoms with E-state index in [1.54, 1.807) is 0 Å². The number of benzene rings is 1. The second-order valence-corrected chi connectivity index (χ2v) is 16.8. The van der Waals surface area contributed by atoms with Gasteiger partial charge in [-0.2, -0.15) is 0 Å². The number of esters is 1. The number of alkyl carbamates (subject to hydrolysis) is 1. The van der Waals surface area contributed by atoms with E-state index in [2.05, 4.69) is 46.1 Å². The van der Waals surface area contributed by atoms with Crippen molar-refractivity contribution in [1.29, 1.82) is 0 Å². The maximum atomic E-state index is 12.3. The molecule has 3 atom stereocenters. The highest BCUT2D eigenvalue weighted by Gasteiger charge is 2.46. The number of unbranched alkanes of at least 4 members (excludes halogenated alkanes) is 8. The highest BCUT2D eigenvalue weighted by molar-refractivity contribution is 6.74. The number of carbonyl (C=O) groups is 2. The van der Waals surface area contributed by atoms with Crippen LogP contribution in [0.4, 0.5) is 4.79 Å². The Morgan fingerprint density at radius 1 is 1.00 bits per heavy atom. The molecule has 210 valence electrons. The molecule has 1 aromatic rings. The quantitative estimate of drug-likeness (QED) is 0.125. The van der Waals surface area contributed by atoms with Crippen molar-refractivity contribution in [1.82, 2.24) is 5.32 Å². The van der Waals surface area contributed by atoms with E-state index in [4.69, 9.17) is 13.9 Å². The number of amides is 1. The zero-order valence-corrected chi connectivity index (χ0v) is 25.1. The molecular weight excluding hydrogens is 482 g/mol. The lowest BCUT2D eigenvalue weighted by Gasteiger charge is -2.42. The lowest BCUT2D eigenvalue weighted by atomic mass is 9.96. The number of ether oxygens (including phenoxy) is 2. The summed E-state index contributed by atoms with van der Waals surface area (Å²) in [7, 11) is -1.99. The van der Waals surface area contributed by atoms with Gasteiger partial charge in [0, 0.05) is 12.5 Å². The molecule has 0 aromatic heterocycles. The first-order chi connectivity index (χ1) is 17.5. The first kappa shape index (κ1) is 31.4. The molecule has 0 spiro atoms. The Bertz CT molecular complexity index is 808. The molecule has 2 unspecified atom stereocenters. The van der Waals surface area contributed by atoms with Gasteiger partial charge in [-0.05, 0) is 30.1 Å². The number of cyclic esters (lactones) is 1. The molecule has 7 heteroatoms. The van der Waals surface area contributed by atoms with Gasteiger partial charge in [0.2, 0.25) is 0 Å². The Kier molecular flexibility index (Phi) is 13.2. The monoisotopic (exact) mass is 533 g/mol. The van der Waals surface area contributed by atoms with Crippen molar-refractivity contribution >= 4 is 20.4 Å². The van der Waals surface area contributed by atoms with Crippen LogP contribution in [0.2, 0.25) is 18.1 Å². The summed E-state index contributed by atoms with van der Waals surface area (Å²) in [5.74, 6) is -0.407. The minimum Gasteiger partial charge on any atom is -0.458 e. The van der Waals surface area contributed by atoms with E-state index in [0.717, 1.165) is 18.4 Å². The molecule has 1 aliphatic rings. The summed E-state index contributed by atoms with van der Waals surface area (Å²) in [6.45, 7) is 13.7. The summed E-state index contributed by atoms with van der Waals surface area (Å²) in [6.07, 6.45) is 12.1. The van der Waals surface area contributed by atoms with Crippen LogP contribution >= 0.6 is 0 Å². The van der Waals surface area contributed by atoms with Gasteiger partial charge in [-0.25, -0.2) is 9.59 Å². The van der Waals surface area contributed by atoms with Crippen LogP contribution in [-0.2, 0) is 25.3 Å². The Hall–Kier alpha value is -1.86. The topological polar surface area (TPSA) is 73.9 Å². The van der Waals surface area contributed by atoms with Crippen LogP contribution in [-0.4, -0.2) is 38.6 Å². The molecule has 0 saturated carbocycles. The molecule has 0 bridgehead atoms. The standard InChI is InChI=1S/C30H51NO5Si/c1-7-8-9-10-11-12-13-14-18-21-25(36-37(5,6)30(2,3)4)22-26-27(28(32)35-26)31-29(33)34-23-24-19-16-15-17-20-24/h15-17,19-20,25-27H,7-14,18,21-23H2,1-6H3,(H,31,33)/t25-,26?,27?/m0/s1. The molecule has 0 aliphatic carbocycles. The first-order valence-corrected chi connectivity index (χ1v) is 17.3. The van der Waals surface area contributed by atoms with E-state index in [-0.39, 0.29) is 23.9 Å². The van der Waals surface area contributed by atoms with E-state index < -0.39 is 26.4 Å². The highest BCUT2D eigenvalue weighted by atomic mass is 28.4. The largest absolute Gasteiger partial charge is 0.458 e. The summed E-state index contributed by atoms with van der Waals surface area (Å²) in [6, 6.07) is 8.80. The Balaban J connectivity index is 1.85. The molecule has 37 heavy (non-hydrogen) atoms. The predicted octanol–water partition coefficient (Wildman–Crippen LogP) is 7.91. The number of nitrogens with one attached hydrogen (secondary N) is 1. The SMILES string of the molecule is CCCCCCCCCCC[C@@H](CC1OC(=O)C1NC(=O)OCc1ccccc1)O[Si](C)(C)C(C)(C)C. The van der Waals surface area contributed by atoms with Gasteiger partial charge in [0.25, 0.3) is 0 Å². The van der Waals surface area contributed by atoms with Crippen LogP contribution in [0.1, 0.15) is 104 Å². The second-order valence-electron chi connectivity index (χ2n) is 12.0. The summed E-state index contributed by atoms with van der Waals surface area (Å²) >= 11 is 0. The van der Waals surface area contributed by atoms with Crippen molar-refractivity contribution < 1.29 is 23.5 Å². The first-order valence-electron chi connectivity index (χ1n) is 14.4. The number of hydrogen-bond donors (Lipinski definition) is 1. The van der Waals surface area contributed by atoms with Gasteiger partial charge in [0.1, 0.15) is 12.7 Å². The van der Waals surface area contributed by atoms with Crippen molar-refractivity contribution in [3.8, 4) is 0 Å². The maximum absolute atomic E-state index is 12.3. The van der Waals surface area contributed by atoms with Crippen LogP contribution in [0, 0.1) is 0 Å².